The molecule has 0 aliphatic rings. The van der Waals surface area contributed by atoms with Crippen molar-refractivity contribution >= 4 is 38.5 Å². The van der Waals surface area contributed by atoms with Crippen molar-refractivity contribution in [2.45, 2.75) is 11.8 Å². The molecule has 0 atom stereocenters. The van der Waals surface area contributed by atoms with Crippen LogP contribution in [0, 0.1) is 18.3 Å². The van der Waals surface area contributed by atoms with Crippen LogP contribution < -0.4 is 5.43 Å². The van der Waals surface area contributed by atoms with Gasteiger partial charge in [-0.25, -0.2) is 8.42 Å². The molecule has 3 aromatic rings. The molecule has 0 aliphatic carbocycles. The highest BCUT2D eigenvalue weighted by atomic mass is 35.5. The first-order valence-electron chi connectivity index (χ1n) is 7.48. The van der Waals surface area contributed by atoms with Gasteiger partial charge in [0.1, 0.15) is 22.8 Å². The van der Waals surface area contributed by atoms with Crippen LogP contribution in [0.2, 0.25) is 5.02 Å². The van der Waals surface area contributed by atoms with E-state index in [9.17, 15) is 18.5 Å². The first-order valence-corrected chi connectivity index (χ1v) is 9.34. The number of fused-ring (bicyclic) bond motifs is 1. The number of benzene rings is 2. The van der Waals surface area contributed by atoms with Gasteiger partial charge in [-0.15, -0.1) is 0 Å². The van der Waals surface area contributed by atoms with E-state index in [2.05, 4.69) is 0 Å². The fraction of sp³-hybridized carbons (Fsp3) is 0.0526. The molecular weight excluding hydrogens is 374 g/mol. The molecule has 130 valence electrons. The average Bonchev–Trinajstić information content (AvgIpc) is 2.63. The highest BCUT2D eigenvalue weighted by Gasteiger charge is 2.21. The maximum Gasteiger partial charge on any atom is 0.216 e. The second-order valence-corrected chi connectivity index (χ2v) is 7.88. The molecule has 0 unspecified atom stereocenters. The van der Waals surface area contributed by atoms with Gasteiger partial charge < -0.3 is 4.42 Å². The Balaban J connectivity index is 2.20. The molecule has 1 aromatic heterocycles. The minimum absolute atomic E-state index is 0.0309. The van der Waals surface area contributed by atoms with Crippen LogP contribution in [0.4, 0.5) is 0 Å². The van der Waals surface area contributed by atoms with E-state index < -0.39 is 20.2 Å². The number of allylic oxidation sites excluding steroid dienone is 1. The van der Waals surface area contributed by atoms with Gasteiger partial charge in [-0.1, -0.05) is 29.8 Å². The summed E-state index contributed by atoms with van der Waals surface area (Å²) in [6.07, 6.45) is 2.15. The Morgan fingerprint density at radius 3 is 2.58 bits per heavy atom. The van der Waals surface area contributed by atoms with Gasteiger partial charge in [0.25, 0.3) is 0 Å². The Morgan fingerprint density at radius 2 is 1.92 bits per heavy atom. The minimum Gasteiger partial charge on any atom is -0.463 e. The van der Waals surface area contributed by atoms with Crippen LogP contribution in [0.15, 0.2) is 67.7 Å². The summed E-state index contributed by atoms with van der Waals surface area (Å²) in [6, 6.07) is 12.3. The Labute approximate surface area is 154 Å². The molecule has 0 spiro atoms. The van der Waals surface area contributed by atoms with Crippen molar-refractivity contribution in [1.82, 2.24) is 0 Å². The number of sulfone groups is 1. The standard InChI is InChI=1S/C19H12ClNO4S/c1-12-7-18-16(9-17(12)20)19(22)13(11-25-18)8-15(10-21)26(23,24)14-5-3-2-4-6-14/h2-9,11H,1H3. The molecule has 26 heavy (non-hydrogen) atoms. The topological polar surface area (TPSA) is 88.1 Å². The summed E-state index contributed by atoms with van der Waals surface area (Å²) in [7, 11) is -4.04. The lowest BCUT2D eigenvalue weighted by Crippen LogP contribution is -2.08. The fourth-order valence-electron chi connectivity index (χ4n) is 2.40. The number of hydrogen-bond acceptors (Lipinski definition) is 5. The monoisotopic (exact) mass is 385 g/mol. The van der Waals surface area contributed by atoms with Gasteiger partial charge in [0.15, 0.2) is 5.43 Å². The molecule has 0 aliphatic heterocycles. The largest absolute Gasteiger partial charge is 0.463 e. The van der Waals surface area contributed by atoms with Gasteiger partial charge in [-0.3, -0.25) is 4.79 Å². The van der Waals surface area contributed by atoms with E-state index >= 15 is 0 Å². The van der Waals surface area contributed by atoms with Crippen molar-refractivity contribution in [3.05, 3.63) is 80.0 Å². The first-order chi connectivity index (χ1) is 12.3. The maximum atomic E-state index is 12.6. The second kappa shape index (κ2) is 6.79. The third-order valence-corrected chi connectivity index (χ3v) is 5.91. The van der Waals surface area contributed by atoms with Gasteiger partial charge in [-0.2, -0.15) is 5.26 Å². The summed E-state index contributed by atoms with van der Waals surface area (Å²) >= 11 is 6.05. The van der Waals surface area contributed by atoms with E-state index in [1.165, 1.54) is 18.2 Å². The highest BCUT2D eigenvalue weighted by molar-refractivity contribution is 7.95. The Bertz CT molecular complexity index is 1240. The third kappa shape index (κ3) is 3.15. The molecule has 0 N–H and O–H groups in total. The predicted octanol–water partition coefficient (Wildman–Crippen LogP) is 4.09. The predicted molar refractivity (Wildman–Crippen MR) is 99.4 cm³/mol. The SMILES string of the molecule is Cc1cc2occ(C=C(C#N)S(=O)(=O)c3ccccc3)c(=O)c2cc1Cl. The van der Waals surface area contributed by atoms with Gasteiger partial charge in [0, 0.05) is 5.02 Å². The van der Waals surface area contributed by atoms with Gasteiger partial charge in [0.2, 0.25) is 9.84 Å². The summed E-state index contributed by atoms with van der Waals surface area (Å²) in [5.41, 5.74) is 0.561. The minimum atomic E-state index is -4.04. The zero-order chi connectivity index (χ0) is 18.9. The molecular formula is C19H12ClNO4S. The molecule has 1 heterocycles. The van der Waals surface area contributed by atoms with E-state index in [1.807, 2.05) is 0 Å². The average molecular weight is 386 g/mol. The van der Waals surface area contributed by atoms with Crippen molar-refractivity contribution in [2.24, 2.45) is 0 Å². The molecule has 0 saturated carbocycles. The number of halogens is 1. The fourth-order valence-corrected chi connectivity index (χ4v) is 3.74. The van der Waals surface area contributed by atoms with Crippen molar-refractivity contribution in [1.29, 1.82) is 5.26 Å². The van der Waals surface area contributed by atoms with Crippen LogP contribution >= 0.6 is 11.6 Å². The summed E-state index contributed by atoms with van der Waals surface area (Å²) in [5.74, 6) is 0. The number of nitriles is 1. The number of rotatable bonds is 3. The van der Waals surface area contributed by atoms with Crippen molar-refractivity contribution < 1.29 is 12.8 Å². The van der Waals surface area contributed by atoms with Crippen molar-refractivity contribution in [2.75, 3.05) is 0 Å². The Kier molecular flexibility index (Phi) is 4.68. The van der Waals surface area contributed by atoms with E-state index in [4.69, 9.17) is 16.0 Å². The first kappa shape index (κ1) is 17.9. The van der Waals surface area contributed by atoms with Crippen LogP contribution in [0.3, 0.4) is 0 Å². The lowest BCUT2D eigenvalue weighted by atomic mass is 10.1. The Morgan fingerprint density at radius 1 is 1.23 bits per heavy atom. The molecule has 0 fully saturated rings. The smallest absolute Gasteiger partial charge is 0.216 e. The van der Waals surface area contributed by atoms with E-state index in [0.29, 0.717) is 10.6 Å². The van der Waals surface area contributed by atoms with Gasteiger partial charge >= 0.3 is 0 Å². The number of aryl methyl sites for hydroxylation is 1. The van der Waals surface area contributed by atoms with Crippen LogP contribution in [0.25, 0.3) is 17.0 Å². The molecule has 0 saturated heterocycles. The van der Waals surface area contributed by atoms with Gasteiger partial charge in [-0.05, 0) is 42.8 Å². The molecule has 0 amide bonds. The quantitative estimate of drug-likeness (QED) is 0.633. The van der Waals surface area contributed by atoms with Crippen LogP contribution in [0.5, 0.6) is 0 Å². The van der Waals surface area contributed by atoms with Crippen LogP contribution in [-0.2, 0) is 9.84 Å². The van der Waals surface area contributed by atoms with Crippen LogP contribution in [-0.4, -0.2) is 8.42 Å². The number of nitrogens with zero attached hydrogens (tertiary/aromatic N) is 1. The summed E-state index contributed by atoms with van der Waals surface area (Å²) in [5, 5.41) is 9.92. The van der Waals surface area contributed by atoms with Crippen molar-refractivity contribution in [3.8, 4) is 6.07 Å². The number of hydrogen-bond donors (Lipinski definition) is 0. The van der Waals surface area contributed by atoms with Crippen molar-refractivity contribution in [3.63, 3.8) is 0 Å². The zero-order valence-electron chi connectivity index (χ0n) is 13.6. The molecule has 7 heteroatoms. The van der Waals surface area contributed by atoms with E-state index in [0.717, 1.165) is 17.9 Å². The molecule has 0 radical (unpaired) electrons. The molecule has 3 rings (SSSR count). The lowest BCUT2D eigenvalue weighted by Gasteiger charge is -2.04. The Hall–Kier alpha value is -2.88. The summed E-state index contributed by atoms with van der Waals surface area (Å²) < 4.78 is 30.6. The van der Waals surface area contributed by atoms with E-state index in [-0.39, 0.29) is 15.8 Å². The lowest BCUT2D eigenvalue weighted by molar-refractivity contribution is 0.600. The summed E-state index contributed by atoms with van der Waals surface area (Å²) in [4.78, 5) is 12.1. The molecule has 5 nitrogen and oxygen atoms in total. The van der Waals surface area contributed by atoms with E-state index in [1.54, 1.807) is 37.3 Å². The second-order valence-electron chi connectivity index (χ2n) is 5.55. The zero-order valence-corrected chi connectivity index (χ0v) is 15.1. The normalized spacial score (nSPS) is 12.1. The molecule has 0 bridgehead atoms. The van der Waals surface area contributed by atoms with Gasteiger partial charge in [0.05, 0.1) is 15.8 Å². The highest BCUT2D eigenvalue weighted by Crippen LogP contribution is 2.24. The summed E-state index contributed by atoms with van der Waals surface area (Å²) in [6.45, 7) is 1.77. The maximum absolute atomic E-state index is 12.6. The van der Waals surface area contributed by atoms with Crippen LogP contribution in [0.1, 0.15) is 11.1 Å². The molecule has 2 aromatic carbocycles. The third-order valence-electron chi connectivity index (χ3n) is 3.82.